The van der Waals surface area contributed by atoms with Crippen LogP contribution in [0.4, 0.5) is 0 Å². The molecule has 0 N–H and O–H groups in total. The van der Waals surface area contributed by atoms with Crippen molar-refractivity contribution in [3.63, 3.8) is 0 Å². The standard InChI is InChI=1S/C11H19N3S.ClH/c1-13-4-3-10(6-13)7-14(2)8-11-5-12-9-15-11;/h5,9-10H,3-4,6-8H2,1-2H3;1H. The Balaban J connectivity index is 0.00000128. The van der Waals surface area contributed by atoms with Crippen LogP contribution in [0, 0.1) is 5.92 Å². The predicted octanol–water partition coefficient (Wildman–Crippen LogP) is 1.95. The van der Waals surface area contributed by atoms with E-state index in [9.17, 15) is 0 Å². The lowest BCUT2D eigenvalue weighted by atomic mass is 10.1. The van der Waals surface area contributed by atoms with Crippen LogP contribution < -0.4 is 0 Å². The molecule has 0 aliphatic carbocycles. The van der Waals surface area contributed by atoms with E-state index < -0.39 is 0 Å². The van der Waals surface area contributed by atoms with Gasteiger partial charge in [-0.25, -0.2) is 0 Å². The van der Waals surface area contributed by atoms with E-state index in [0.29, 0.717) is 0 Å². The average molecular weight is 262 g/mol. The molecule has 0 bridgehead atoms. The summed E-state index contributed by atoms with van der Waals surface area (Å²) in [5, 5.41) is 0. The highest BCUT2D eigenvalue weighted by Gasteiger charge is 2.20. The molecule has 1 aliphatic rings. The average Bonchev–Trinajstić information content (AvgIpc) is 2.77. The third-order valence-electron chi connectivity index (χ3n) is 2.97. The Bertz CT molecular complexity index is 291. The molecule has 1 atom stereocenters. The lowest BCUT2D eigenvalue weighted by Crippen LogP contribution is -2.26. The van der Waals surface area contributed by atoms with Gasteiger partial charge in [-0.05, 0) is 33.0 Å². The van der Waals surface area contributed by atoms with Gasteiger partial charge < -0.3 is 9.80 Å². The van der Waals surface area contributed by atoms with Gasteiger partial charge >= 0.3 is 0 Å². The van der Waals surface area contributed by atoms with Crippen LogP contribution in [0.1, 0.15) is 11.3 Å². The van der Waals surface area contributed by atoms with Crippen molar-refractivity contribution in [2.45, 2.75) is 13.0 Å². The second-order valence-corrected chi connectivity index (χ2v) is 5.55. The maximum absolute atomic E-state index is 4.10. The van der Waals surface area contributed by atoms with E-state index in [1.807, 2.05) is 11.7 Å². The molecule has 3 nitrogen and oxygen atoms in total. The summed E-state index contributed by atoms with van der Waals surface area (Å²) in [6, 6.07) is 0. The first kappa shape index (κ1) is 13.9. The lowest BCUT2D eigenvalue weighted by Gasteiger charge is -2.19. The van der Waals surface area contributed by atoms with Crippen molar-refractivity contribution in [1.29, 1.82) is 0 Å². The fourth-order valence-corrected chi connectivity index (χ4v) is 2.94. The third-order valence-corrected chi connectivity index (χ3v) is 3.73. The summed E-state index contributed by atoms with van der Waals surface area (Å²) in [6.07, 6.45) is 3.32. The third kappa shape index (κ3) is 4.01. The number of aromatic nitrogens is 1. The van der Waals surface area contributed by atoms with Gasteiger partial charge in [0, 0.05) is 30.7 Å². The van der Waals surface area contributed by atoms with E-state index in [1.165, 1.54) is 30.9 Å². The summed E-state index contributed by atoms with van der Waals surface area (Å²) < 4.78 is 0. The van der Waals surface area contributed by atoms with Crippen molar-refractivity contribution in [2.75, 3.05) is 33.7 Å². The first-order chi connectivity index (χ1) is 7.24. The van der Waals surface area contributed by atoms with Crippen LogP contribution in [-0.2, 0) is 6.54 Å². The zero-order valence-corrected chi connectivity index (χ0v) is 11.6. The van der Waals surface area contributed by atoms with E-state index in [4.69, 9.17) is 0 Å². The fraction of sp³-hybridized carbons (Fsp3) is 0.727. The Kier molecular flexibility index (Phi) is 5.69. The van der Waals surface area contributed by atoms with Gasteiger partial charge in [-0.3, -0.25) is 4.98 Å². The monoisotopic (exact) mass is 261 g/mol. The largest absolute Gasteiger partial charge is 0.306 e. The van der Waals surface area contributed by atoms with Gasteiger partial charge in [0.25, 0.3) is 0 Å². The van der Waals surface area contributed by atoms with Gasteiger partial charge in [-0.2, -0.15) is 0 Å². The van der Waals surface area contributed by atoms with E-state index in [1.54, 1.807) is 11.3 Å². The Labute approximate surface area is 108 Å². The van der Waals surface area contributed by atoms with Gasteiger partial charge in [-0.15, -0.1) is 23.7 Å². The zero-order chi connectivity index (χ0) is 10.7. The SMILES string of the molecule is CN1CCC(CN(C)Cc2cncs2)C1.Cl. The molecule has 0 spiro atoms. The van der Waals surface area contributed by atoms with Gasteiger partial charge in [-0.1, -0.05) is 0 Å². The molecule has 5 heteroatoms. The molecule has 16 heavy (non-hydrogen) atoms. The Hall–Kier alpha value is -0.160. The van der Waals surface area contributed by atoms with Crippen molar-refractivity contribution in [2.24, 2.45) is 5.92 Å². The van der Waals surface area contributed by atoms with Crippen LogP contribution >= 0.6 is 23.7 Å². The Morgan fingerprint density at radius 1 is 1.62 bits per heavy atom. The smallest absolute Gasteiger partial charge is 0.0794 e. The molecule has 92 valence electrons. The lowest BCUT2D eigenvalue weighted by molar-refractivity contribution is 0.269. The number of likely N-dealkylation sites (tertiary alicyclic amines) is 1. The topological polar surface area (TPSA) is 19.4 Å². The van der Waals surface area contributed by atoms with Crippen LogP contribution in [0.2, 0.25) is 0 Å². The van der Waals surface area contributed by atoms with Crippen molar-refractivity contribution in [1.82, 2.24) is 14.8 Å². The van der Waals surface area contributed by atoms with Crippen molar-refractivity contribution in [3.05, 3.63) is 16.6 Å². The van der Waals surface area contributed by atoms with Crippen LogP contribution in [0.15, 0.2) is 11.7 Å². The van der Waals surface area contributed by atoms with Gasteiger partial charge in [0.15, 0.2) is 0 Å². The van der Waals surface area contributed by atoms with Crippen molar-refractivity contribution < 1.29 is 0 Å². The second-order valence-electron chi connectivity index (χ2n) is 4.58. The number of halogens is 1. The second kappa shape index (κ2) is 6.55. The number of rotatable bonds is 4. The summed E-state index contributed by atoms with van der Waals surface area (Å²) >= 11 is 1.75. The first-order valence-electron chi connectivity index (χ1n) is 5.48. The van der Waals surface area contributed by atoms with Crippen molar-refractivity contribution >= 4 is 23.7 Å². The molecular formula is C11H20ClN3S. The number of hydrogen-bond acceptors (Lipinski definition) is 4. The van der Waals surface area contributed by atoms with Crippen LogP contribution in [0.25, 0.3) is 0 Å². The molecule has 1 unspecified atom stereocenters. The Morgan fingerprint density at radius 2 is 2.44 bits per heavy atom. The molecule has 1 aromatic rings. The molecule has 1 saturated heterocycles. The normalized spacial score (nSPS) is 21.3. The van der Waals surface area contributed by atoms with Crippen LogP contribution in [0.3, 0.4) is 0 Å². The van der Waals surface area contributed by atoms with E-state index in [0.717, 1.165) is 12.5 Å². The molecule has 1 fully saturated rings. The molecule has 1 aromatic heterocycles. The summed E-state index contributed by atoms with van der Waals surface area (Å²) in [5.41, 5.74) is 1.91. The van der Waals surface area contributed by atoms with Crippen LogP contribution in [-0.4, -0.2) is 48.5 Å². The molecule has 0 aromatic carbocycles. The molecular weight excluding hydrogens is 242 g/mol. The maximum Gasteiger partial charge on any atom is 0.0794 e. The highest BCUT2D eigenvalue weighted by molar-refractivity contribution is 7.09. The fourth-order valence-electron chi connectivity index (χ4n) is 2.27. The number of hydrogen-bond donors (Lipinski definition) is 0. The highest BCUT2D eigenvalue weighted by Crippen LogP contribution is 2.16. The van der Waals surface area contributed by atoms with Gasteiger partial charge in [0.1, 0.15) is 0 Å². The van der Waals surface area contributed by atoms with Crippen molar-refractivity contribution in [3.8, 4) is 0 Å². The predicted molar refractivity (Wildman–Crippen MR) is 71.3 cm³/mol. The minimum Gasteiger partial charge on any atom is -0.306 e. The minimum atomic E-state index is 0. The van der Waals surface area contributed by atoms with E-state index >= 15 is 0 Å². The minimum absolute atomic E-state index is 0. The first-order valence-corrected chi connectivity index (χ1v) is 6.36. The quantitative estimate of drug-likeness (QED) is 0.826. The molecule has 0 amide bonds. The van der Waals surface area contributed by atoms with E-state index in [2.05, 4.69) is 28.9 Å². The van der Waals surface area contributed by atoms with Crippen LogP contribution in [0.5, 0.6) is 0 Å². The maximum atomic E-state index is 4.10. The molecule has 1 aliphatic heterocycles. The molecule has 2 heterocycles. The number of thiazole rings is 1. The molecule has 0 radical (unpaired) electrons. The summed E-state index contributed by atoms with van der Waals surface area (Å²) in [5.74, 6) is 0.855. The van der Waals surface area contributed by atoms with Gasteiger partial charge in [0.05, 0.1) is 5.51 Å². The van der Waals surface area contributed by atoms with Gasteiger partial charge in [0.2, 0.25) is 0 Å². The summed E-state index contributed by atoms with van der Waals surface area (Å²) in [4.78, 5) is 10.3. The summed E-state index contributed by atoms with van der Waals surface area (Å²) in [7, 11) is 4.42. The summed E-state index contributed by atoms with van der Waals surface area (Å²) in [6.45, 7) is 4.78. The Morgan fingerprint density at radius 3 is 3.00 bits per heavy atom. The molecule has 0 saturated carbocycles. The van der Waals surface area contributed by atoms with E-state index in [-0.39, 0.29) is 12.4 Å². The molecule has 2 rings (SSSR count). The zero-order valence-electron chi connectivity index (χ0n) is 9.93. The number of nitrogens with zero attached hydrogens (tertiary/aromatic N) is 3. The highest BCUT2D eigenvalue weighted by atomic mass is 35.5.